The Bertz CT molecular complexity index is 567. The monoisotopic (exact) mass is 301 g/mol. The molecule has 5 heteroatoms. The Morgan fingerprint density at radius 2 is 1.82 bits per heavy atom. The summed E-state index contributed by atoms with van der Waals surface area (Å²) >= 11 is 0. The molecule has 0 heterocycles. The lowest BCUT2D eigenvalue weighted by molar-refractivity contribution is -0.120. The van der Waals surface area contributed by atoms with Gasteiger partial charge in [-0.1, -0.05) is 24.3 Å². The number of likely N-dealkylation sites (N-methyl/N-ethyl adjacent to an activating group) is 1. The third-order valence-corrected chi connectivity index (χ3v) is 3.56. The number of anilines is 2. The van der Waals surface area contributed by atoms with E-state index < -0.39 is 0 Å². The van der Waals surface area contributed by atoms with Gasteiger partial charge in [0, 0.05) is 5.92 Å². The minimum absolute atomic E-state index is 0.00975. The summed E-state index contributed by atoms with van der Waals surface area (Å²) in [5, 5.41) is 5.78. The van der Waals surface area contributed by atoms with E-state index in [2.05, 4.69) is 22.8 Å². The standard InChI is InChI=1S/C17H23N3O2/c1-20(2)12-16(21)18-14-10-6-7-11-15(14)19-17(22)13-8-4-3-5-9-13/h3-4,6-7,10-11,13H,5,8-9,12H2,1-2H3,(H,18,21)(H,19,22). The molecule has 22 heavy (non-hydrogen) atoms. The maximum Gasteiger partial charge on any atom is 0.238 e. The van der Waals surface area contributed by atoms with Crippen LogP contribution in [0.3, 0.4) is 0 Å². The summed E-state index contributed by atoms with van der Waals surface area (Å²) in [5.74, 6) is -0.0820. The number of allylic oxidation sites excluding steroid dienone is 2. The van der Waals surface area contributed by atoms with E-state index in [0.29, 0.717) is 17.9 Å². The van der Waals surface area contributed by atoms with Crippen LogP contribution >= 0.6 is 0 Å². The molecule has 1 aromatic rings. The average Bonchev–Trinajstić information content (AvgIpc) is 2.49. The molecular weight excluding hydrogens is 278 g/mol. The van der Waals surface area contributed by atoms with Gasteiger partial charge in [0.1, 0.15) is 0 Å². The van der Waals surface area contributed by atoms with Crippen LogP contribution in [0.2, 0.25) is 0 Å². The molecule has 2 N–H and O–H groups in total. The number of carbonyl (C=O) groups is 2. The van der Waals surface area contributed by atoms with Gasteiger partial charge in [-0.15, -0.1) is 0 Å². The van der Waals surface area contributed by atoms with Crippen LogP contribution in [0.1, 0.15) is 19.3 Å². The van der Waals surface area contributed by atoms with Crippen molar-refractivity contribution < 1.29 is 9.59 Å². The molecule has 0 bridgehead atoms. The Labute approximate surface area is 131 Å². The van der Waals surface area contributed by atoms with Crippen molar-refractivity contribution in [2.75, 3.05) is 31.3 Å². The zero-order valence-electron chi connectivity index (χ0n) is 13.1. The normalized spacial score (nSPS) is 17.3. The molecule has 1 aromatic carbocycles. The number of hydrogen-bond donors (Lipinski definition) is 2. The van der Waals surface area contributed by atoms with E-state index in [-0.39, 0.29) is 17.7 Å². The molecule has 0 aliphatic heterocycles. The van der Waals surface area contributed by atoms with Gasteiger partial charge >= 0.3 is 0 Å². The summed E-state index contributed by atoms with van der Waals surface area (Å²) in [6, 6.07) is 7.29. The average molecular weight is 301 g/mol. The second-order valence-corrected chi connectivity index (χ2v) is 5.80. The first-order chi connectivity index (χ1) is 10.6. The van der Waals surface area contributed by atoms with E-state index in [0.717, 1.165) is 19.3 Å². The van der Waals surface area contributed by atoms with Crippen molar-refractivity contribution in [2.45, 2.75) is 19.3 Å². The molecule has 2 amide bonds. The molecule has 0 spiro atoms. The predicted octanol–water partition coefficient (Wildman–Crippen LogP) is 2.48. The number of amides is 2. The number of rotatable bonds is 5. The maximum atomic E-state index is 12.3. The van der Waals surface area contributed by atoms with Crippen molar-refractivity contribution in [3.8, 4) is 0 Å². The molecule has 0 saturated carbocycles. The highest BCUT2D eigenvalue weighted by atomic mass is 16.2. The summed E-state index contributed by atoms with van der Waals surface area (Å²) in [7, 11) is 3.67. The molecule has 118 valence electrons. The smallest absolute Gasteiger partial charge is 0.238 e. The minimum Gasteiger partial charge on any atom is -0.324 e. The summed E-state index contributed by atoms with van der Waals surface area (Å²) in [5.41, 5.74) is 1.28. The SMILES string of the molecule is CN(C)CC(=O)Nc1ccccc1NC(=O)C1CC=CCC1. The van der Waals surface area contributed by atoms with Crippen molar-refractivity contribution in [1.29, 1.82) is 0 Å². The van der Waals surface area contributed by atoms with E-state index in [1.54, 1.807) is 11.0 Å². The number of hydrogen-bond acceptors (Lipinski definition) is 3. The van der Waals surface area contributed by atoms with Gasteiger partial charge in [0.25, 0.3) is 0 Å². The molecule has 1 aliphatic rings. The van der Waals surface area contributed by atoms with Crippen molar-refractivity contribution in [3.05, 3.63) is 36.4 Å². The van der Waals surface area contributed by atoms with E-state index in [1.807, 2.05) is 32.3 Å². The fourth-order valence-electron chi connectivity index (χ4n) is 2.44. The van der Waals surface area contributed by atoms with Crippen LogP contribution in [0, 0.1) is 5.92 Å². The highest BCUT2D eigenvalue weighted by Gasteiger charge is 2.19. The summed E-state index contributed by atoms with van der Waals surface area (Å²) in [4.78, 5) is 26.0. The topological polar surface area (TPSA) is 61.4 Å². The first kappa shape index (κ1) is 16.2. The predicted molar refractivity (Wildman–Crippen MR) is 88.7 cm³/mol. The van der Waals surface area contributed by atoms with Crippen LogP contribution in [0.5, 0.6) is 0 Å². The van der Waals surface area contributed by atoms with Gasteiger partial charge in [-0.25, -0.2) is 0 Å². The Balaban J connectivity index is 2.03. The fraction of sp³-hybridized carbons (Fsp3) is 0.412. The molecule has 1 atom stereocenters. The maximum absolute atomic E-state index is 12.3. The van der Waals surface area contributed by atoms with E-state index in [1.165, 1.54) is 0 Å². The van der Waals surface area contributed by atoms with E-state index in [9.17, 15) is 9.59 Å². The molecule has 0 fully saturated rings. The summed E-state index contributed by atoms with van der Waals surface area (Å²) in [6.45, 7) is 0.301. The Morgan fingerprint density at radius 1 is 1.14 bits per heavy atom. The van der Waals surface area contributed by atoms with Crippen LogP contribution in [0.25, 0.3) is 0 Å². The second-order valence-electron chi connectivity index (χ2n) is 5.80. The minimum atomic E-state index is -0.104. The van der Waals surface area contributed by atoms with Crippen molar-refractivity contribution in [3.63, 3.8) is 0 Å². The van der Waals surface area contributed by atoms with Gasteiger partial charge in [0.2, 0.25) is 11.8 Å². The Hall–Kier alpha value is -2.14. The number of carbonyl (C=O) groups excluding carboxylic acids is 2. The number of nitrogens with one attached hydrogen (secondary N) is 2. The highest BCUT2D eigenvalue weighted by Crippen LogP contribution is 2.24. The quantitative estimate of drug-likeness (QED) is 0.821. The molecular formula is C17H23N3O2. The molecule has 1 aliphatic carbocycles. The van der Waals surface area contributed by atoms with Crippen LogP contribution < -0.4 is 10.6 Å². The van der Waals surface area contributed by atoms with Crippen LogP contribution in [-0.2, 0) is 9.59 Å². The fourth-order valence-corrected chi connectivity index (χ4v) is 2.44. The van der Waals surface area contributed by atoms with Crippen molar-refractivity contribution in [2.24, 2.45) is 5.92 Å². The zero-order chi connectivity index (χ0) is 15.9. The van der Waals surface area contributed by atoms with Crippen LogP contribution in [0.4, 0.5) is 11.4 Å². The molecule has 5 nitrogen and oxygen atoms in total. The van der Waals surface area contributed by atoms with Gasteiger partial charge in [0.05, 0.1) is 17.9 Å². The van der Waals surface area contributed by atoms with Crippen LogP contribution in [-0.4, -0.2) is 37.4 Å². The summed E-state index contributed by atoms with van der Waals surface area (Å²) < 4.78 is 0. The lowest BCUT2D eigenvalue weighted by atomic mass is 9.93. The number of nitrogens with zero attached hydrogens (tertiary/aromatic N) is 1. The van der Waals surface area contributed by atoms with E-state index in [4.69, 9.17) is 0 Å². The van der Waals surface area contributed by atoms with Gasteiger partial charge in [-0.05, 0) is 45.5 Å². The van der Waals surface area contributed by atoms with Gasteiger partial charge in [-0.3, -0.25) is 9.59 Å². The summed E-state index contributed by atoms with van der Waals surface area (Å²) in [6.07, 6.45) is 6.76. The Morgan fingerprint density at radius 3 is 2.41 bits per heavy atom. The molecule has 0 radical (unpaired) electrons. The first-order valence-electron chi connectivity index (χ1n) is 7.55. The number of para-hydroxylation sites is 2. The molecule has 1 unspecified atom stereocenters. The lowest BCUT2D eigenvalue weighted by Crippen LogP contribution is -2.28. The molecule has 2 rings (SSSR count). The third-order valence-electron chi connectivity index (χ3n) is 3.56. The van der Waals surface area contributed by atoms with Gasteiger partial charge in [0.15, 0.2) is 0 Å². The lowest BCUT2D eigenvalue weighted by Gasteiger charge is -2.19. The van der Waals surface area contributed by atoms with Gasteiger partial charge in [-0.2, -0.15) is 0 Å². The van der Waals surface area contributed by atoms with Crippen molar-refractivity contribution >= 4 is 23.2 Å². The first-order valence-corrected chi connectivity index (χ1v) is 7.55. The third kappa shape index (κ3) is 4.70. The largest absolute Gasteiger partial charge is 0.324 e. The number of benzene rings is 1. The van der Waals surface area contributed by atoms with Gasteiger partial charge < -0.3 is 15.5 Å². The van der Waals surface area contributed by atoms with E-state index >= 15 is 0 Å². The second kappa shape index (κ2) is 7.75. The van der Waals surface area contributed by atoms with Crippen molar-refractivity contribution in [1.82, 2.24) is 4.90 Å². The van der Waals surface area contributed by atoms with Crippen LogP contribution in [0.15, 0.2) is 36.4 Å². The Kier molecular flexibility index (Phi) is 5.72. The zero-order valence-corrected chi connectivity index (χ0v) is 13.1. The molecule has 0 saturated heterocycles. The molecule has 0 aromatic heterocycles. The highest BCUT2D eigenvalue weighted by molar-refractivity contribution is 6.00.